The average molecular weight is 423 g/mol. The normalized spacial score (nSPS) is 11.4. The van der Waals surface area contributed by atoms with Gasteiger partial charge in [-0.1, -0.05) is 27.7 Å². The average Bonchev–Trinajstić information content (AvgIpc) is 2.61. The topological polar surface area (TPSA) is 24.7 Å². The van der Waals surface area contributed by atoms with Gasteiger partial charge in [-0.05, 0) is 59.4 Å². The van der Waals surface area contributed by atoms with Crippen molar-refractivity contribution in [1.29, 1.82) is 0 Å². The van der Waals surface area contributed by atoms with E-state index < -0.39 is 0 Å². The van der Waals surface area contributed by atoms with Crippen LogP contribution in [0, 0.1) is 0 Å². The van der Waals surface area contributed by atoms with E-state index in [0.717, 1.165) is 34.4 Å². The van der Waals surface area contributed by atoms with Gasteiger partial charge in [0, 0.05) is 19.6 Å². The maximum absolute atomic E-state index is 4.54. The first kappa shape index (κ1) is 21.7. The van der Waals surface area contributed by atoms with E-state index in [4.69, 9.17) is 0 Å². The van der Waals surface area contributed by atoms with Crippen LogP contribution < -0.4 is 0 Å². The SMILES string of the molecule is CCSc1cc(N=Nc2cc(SCC)cc(SCC)c2)cc(SCC)c1. The third kappa shape index (κ3) is 7.22. The number of hydrogen-bond acceptors (Lipinski definition) is 6. The summed E-state index contributed by atoms with van der Waals surface area (Å²) in [6, 6.07) is 13.0. The van der Waals surface area contributed by atoms with Gasteiger partial charge in [-0.2, -0.15) is 10.2 Å². The van der Waals surface area contributed by atoms with Crippen molar-refractivity contribution in [1.82, 2.24) is 0 Å². The van der Waals surface area contributed by atoms with Crippen molar-refractivity contribution in [2.75, 3.05) is 23.0 Å². The van der Waals surface area contributed by atoms with Gasteiger partial charge in [0.05, 0.1) is 11.4 Å². The van der Waals surface area contributed by atoms with E-state index in [-0.39, 0.29) is 0 Å². The predicted octanol–water partition coefficient (Wildman–Crippen LogP) is 8.55. The summed E-state index contributed by atoms with van der Waals surface area (Å²) in [5.41, 5.74) is 1.86. The summed E-state index contributed by atoms with van der Waals surface area (Å²) in [6.07, 6.45) is 0. The van der Waals surface area contributed by atoms with Gasteiger partial charge in [-0.15, -0.1) is 47.0 Å². The fourth-order valence-corrected chi connectivity index (χ4v) is 5.48. The van der Waals surface area contributed by atoms with Gasteiger partial charge in [0.2, 0.25) is 0 Å². The molecule has 0 spiro atoms. The maximum atomic E-state index is 4.54. The lowest BCUT2D eigenvalue weighted by atomic mass is 10.3. The first-order valence-electron chi connectivity index (χ1n) is 8.91. The Bertz CT molecular complexity index is 622. The van der Waals surface area contributed by atoms with Crippen LogP contribution in [-0.2, 0) is 0 Å². The molecule has 0 unspecified atom stereocenters. The Morgan fingerprint density at radius 2 is 0.769 bits per heavy atom. The molecule has 140 valence electrons. The largest absolute Gasteiger partial charge is 0.150 e. The molecule has 0 N–H and O–H groups in total. The Balaban J connectivity index is 2.29. The molecule has 0 amide bonds. The van der Waals surface area contributed by atoms with E-state index in [0.29, 0.717) is 0 Å². The molecule has 0 saturated carbocycles. The Labute approximate surface area is 174 Å². The second-order valence-corrected chi connectivity index (χ2v) is 10.6. The Hall–Kier alpha value is -0.560. The number of azo groups is 1. The zero-order chi connectivity index (χ0) is 18.8. The fourth-order valence-electron chi connectivity index (χ4n) is 2.34. The maximum Gasteiger partial charge on any atom is 0.0879 e. The monoisotopic (exact) mass is 422 g/mol. The van der Waals surface area contributed by atoms with Crippen LogP contribution >= 0.6 is 47.0 Å². The summed E-state index contributed by atoms with van der Waals surface area (Å²) in [5, 5.41) is 9.09. The van der Waals surface area contributed by atoms with Crippen LogP contribution in [0.3, 0.4) is 0 Å². The van der Waals surface area contributed by atoms with Gasteiger partial charge in [0.15, 0.2) is 0 Å². The minimum absolute atomic E-state index is 0.928. The summed E-state index contributed by atoms with van der Waals surface area (Å²) < 4.78 is 0. The highest BCUT2D eigenvalue weighted by atomic mass is 32.2. The van der Waals surface area contributed by atoms with Crippen LogP contribution in [0.1, 0.15) is 27.7 Å². The van der Waals surface area contributed by atoms with Crippen LogP contribution in [0.25, 0.3) is 0 Å². The Morgan fingerprint density at radius 1 is 0.500 bits per heavy atom. The molecule has 6 heteroatoms. The molecular weight excluding hydrogens is 397 g/mol. The van der Waals surface area contributed by atoms with Crippen LogP contribution in [0.4, 0.5) is 11.4 Å². The van der Waals surface area contributed by atoms with E-state index in [9.17, 15) is 0 Å². The molecule has 2 nitrogen and oxygen atoms in total. The third-order valence-electron chi connectivity index (χ3n) is 3.25. The molecule has 0 aliphatic rings. The Morgan fingerprint density at radius 3 is 1.00 bits per heavy atom. The molecule has 0 bridgehead atoms. The molecule has 0 heterocycles. The molecule has 0 radical (unpaired) electrons. The molecule has 2 rings (SSSR count). The lowest BCUT2D eigenvalue weighted by molar-refractivity contribution is 1.17. The quantitative estimate of drug-likeness (QED) is 0.283. The van der Waals surface area contributed by atoms with Crippen molar-refractivity contribution in [2.45, 2.75) is 47.3 Å². The van der Waals surface area contributed by atoms with Crippen LogP contribution in [0.15, 0.2) is 66.2 Å². The van der Waals surface area contributed by atoms with E-state index in [2.05, 4.69) is 74.3 Å². The van der Waals surface area contributed by atoms with Crippen LogP contribution in [-0.4, -0.2) is 23.0 Å². The third-order valence-corrected chi connectivity index (χ3v) is 6.69. The van der Waals surface area contributed by atoms with E-state index in [1.165, 1.54) is 19.6 Å². The molecule has 2 aromatic carbocycles. The molecule has 0 aromatic heterocycles. The van der Waals surface area contributed by atoms with Gasteiger partial charge < -0.3 is 0 Å². The number of rotatable bonds is 10. The van der Waals surface area contributed by atoms with Crippen molar-refractivity contribution in [3.8, 4) is 0 Å². The minimum Gasteiger partial charge on any atom is -0.150 e. The molecule has 26 heavy (non-hydrogen) atoms. The molecule has 0 saturated heterocycles. The zero-order valence-corrected chi connectivity index (χ0v) is 19.1. The van der Waals surface area contributed by atoms with E-state index in [1.807, 2.05) is 47.0 Å². The highest BCUT2D eigenvalue weighted by Gasteiger charge is 2.04. The lowest BCUT2D eigenvalue weighted by Gasteiger charge is -2.06. The predicted molar refractivity (Wildman–Crippen MR) is 123 cm³/mol. The standard InChI is InChI=1S/C20H26N2S4/c1-5-23-17-9-15(10-18(13-17)24-6-2)21-22-16-11-19(25-7-3)14-20(12-16)26-8-4/h9-14H,5-8H2,1-4H3. The van der Waals surface area contributed by atoms with Crippen molar-refractivity contribution in [3.05, 3.63) is 36.4 Å². The lowest BCUT2D eigenvalue weighted by Crippen LogP contribution is -1.79. The van der Waals surface area contributed by atoms with E-state index >= 15 is 0 Å². The highest BCUT2D eigenvalue weighted by molar-refractivity contribution is 8.00. The summed E-state index contributed by atoms with van der Waals surface area (Å²) in [4.78, 5) is 5.05. The molecule has 2 aromatic rings. The molecule has 0 aliphatic heterocycles. The zero-order valence-electron chi connectivity index (χ0n) is 15.8. The van der Waals surface area contributed by atoms with Gasteiger partial charge in [-0.25, -0.2) is 0 Å². The minimum atomic E-state index is 0.928. The molecule has 0 aliphatic carbocycles. The number of hydrogen-bond donors (Lipinski definition) is 0. The summed E-state index contributed by atoms with van der Waals surface area (Å²) in [5.74, 6) is 4.24. The highest BCUT2D eigenvalue weighted by Crippen LogP contribution is 2.34. The second-order valence-electron chi connectivity index (χ2n) is 5.26. The van der Waals surface area contributed by atoms with Crippen LogP contribution in [0.5, 0.6) is 0 Å². The van der Waals surface area contributed by atoms with Gasteiger partial charge >= 0.3 is 0 Å². The van der Waals surface area contributed by atoms with Gasteiger partial charge in [-0.3, -0.25) is 0 Å². The van der Waals surface area contributed by atoms with Crippen molar-refractivity contribution in [2.24, 2.45) is 10.2 Å². The number of thioether (sulfide) groups is 4. The molecular formula is C20H26N2S4. The smallest absolute Gasteiger partial charge is 0.0879 e. The molecule has 0 fully saturated rings. The first-order valence-corrected chi connectivity index (χ1v) is 12.9. The summed E-state index contributed by atoms with van der Waals surface area (Å²) >= 11 is 7.39. The number of nitrogens with zero attached hydrogens (tertiary/aromatic N) is 2. The first-order chi connectivity index (χ1) is 12.7. The van der Waals surface area contributed by atoms with Gasteiger partial charge in [0.1, 0.15) is 0 Å². The second kappa shape index (κ2) is 12.0. The van der Waals surface area contributed by atoms with Crippen molar-refractivity contribution >= 4 is 58.4 Å². The number of benzene rings is 2. The van der Waals surface area contributed by atoms with Crippen LogP contribution in [0.2, 0.25) is 0 Å². The Kier molecular flexibility index (Phi) is 10.0. The van der Waals surface area contributed by atoms with E-state index in [1.54, 1.807) is 0 Å². The molecule has 0 atom stereocenters. The van der Waals surface area contributed by atoms with Crippen molar-refractivity contribution in [3.63, 3.8) is 0 Å². The summed E-state index contributed by atoms with van der Waals surface area (Å²) in [7, 11) is 0. The van der Waals surface area contributed by atoms with Crippen molar-refractivity contribution < 1.29 is 0 Å². The fraction of sp³-hybridized carbons (Fsp3) is 0.400. The summed E-state index contributed by atoms with van der Waals surface area (Å²) in [6.45, 7) is 8.70. The van der Waals surface area contributed by atoms with Gasteiger partial charge in [0.25, 0.3) is 0 Å².